The van der Waals surface area contributed by atoms with Crippen LogP contribution in [-0.4, -0.2) is 25.8 Å². The summed E-state index contributed by atoms with van der Waals surface area (Å²) in [5.41, 5.74) is 1.31. The number of aromatic nitrogens is 3. The largest absolute Gasteiger partial charge is 0.475 e. The summed E-state index contributed by atoms with van der Waals surface area (Å²) in [7, 11) is 0. The fraction of sp³-hybridized carbons (Fsp3) is 0.0909. The van der Waals surface area contributed by atoms with Crippen molar-refractivity contribution in [3.8, 4) is 0 Å². The molecule has 2 rings (SSSR count). The van der Waals surface area contributed by atoms with E-state index in [0.29, 0.717) is 12.2 Å². The lowest BCUT2D eigenvalue weighted by atomic mass is 10.2. The molecule has 0 amide bonds. The van der Waals surface area contributed by atoms with Crippen molar-refractivity contribution >= 4 is 11.7 Å². The van der Waals surface area contributed by atoms with Gasteiger partial charge in [-0.2, -0.15) is 0 Å². The molecule has 0 unspecified atom stereocenters. The Bertz CT molecular complexity index is 598. The summed E-state index contributed by atoms with van der Waals surface area (Å²) in [5.74, 6) is -1.41. The molecule has 1 aromatic heterocycles. The zero-order chi connectivity index (χ0) is 12.3. The number of carboxylic acid groups (broad SMARTS) is 1. The van der Waals surface area contributed by atoms with E-state index in [-0.39, 0.29) is 5.82 Å². The van der Waals surface area contributed by atoms with Crippen molar-refractivity contribution in [3.63, 3.8) is 0 Å². The molecule has 1 N–H and O–H groups in total. The first-order valence-electron chi connectivity index (χ1n) is 4.79. The second kappa shape index (κ2) is 4.45. The Morgan fingerprint density at radius 2 is 2.24 bits per heavy atom. The Balaban J connectivity index is 2.26. The van der Waals surface area contributed by atoms with Gasteiger partial charge < -0.3 is 5.11 Å². The van der Waals surface area contributed by atoms with Crippen LogP contribution in [0.1, 0.15) is 16.2 Å². The quantitative estimate of drug-likeness (QED) is 0.809. The topological polar surface area (TPSA) is 72.4 Å². The van der Waals surface area contributed by atoms with Crippen LogP contribution in [0, 0.1) is 6.57 Å². The summed E-state index contributed by atoms with van der Waals surface area (Å²) in [6, 6.07) is 7.10. The molecular weight excluding hydrogens is 220 g/mol. The number of aromatic carboxylic acids is 1. The maximum Gasteiger partial charge on any atom is 0.375 e. The molecule has 1 aromatic carbocycles. The Morgan fingerprint density at radius 3 is 2.88 bits per heavy atom. The number of benzene rings is 1. The van der Waals surface area contributed by atoms with Gasteiger partial charge in [0.25, 0.3) is 5.82 Å². The van der Waals surface area contributed by atoms with Crippen LogP contribution in [0.3, 0.4) is 0 Å². The zero-order valence-corrected chi connectivity index (χ0v) is 8.74. The number of rotatable bonds is 3. The Hall–Kier alpha value is -2.68. The fourth-order valence-electron chi connectivity index (χ4n) is 1.40. The predicted molar refractivity (Wildman–Crippen MR) is 58.8 cm³/mol. The molecule has 2 aromatic rings. The van der Waals surface area contributed by atoms with Crippen LogP contribution in [-0.2, 0) is 6.54 Å². The van der Waals surface area contributed by atoms with Crippen LogP contribution in [0.2, 0.25) is 0 Å². The average Bonchev–Trinajstić information content (AvgIpc) is 2.78. The SMILES string of the molecule is [C-]#[N+]c1ccccc1Cn1cnc(C(=O)O)n1. The number of hydrogen-bond acceptors (Lipinski definition) is 3. The third kappa shape index (κ3) is 2.29. The van der Waals surface area contributed by atoms with E-state index >= 15 is 0 Å². The minimum absolute atomic E-state index is 0.245. The average molecular weight is 228 g/mol. The van der Waals surface area contributed by atoms with Gasteiger partial charge in [-0.3, -0.25) is 0 Å². The standard InChI is InChI=1S/C11H8N4O2/c1-12-9-5-3-2-4-8(9)6-15-7-13-10(14-15)11(16)17/h2-5,7H,6H2,(H,16,17). The number of carboxylic acids is 1. The van der Waals surface area contributed by atoms with E-state index < -0.39 is 5.97 Å². The van der Waals surface area contributed by atoms with Crippen LogP contribution >= 0.6 is 0 Å². The molecule has 1 heterocycles. The van der Waals surface area contributed by atoms with Crippen LogP contribution in [0.15, 0.2) is 30.6 Å². The van der Waals surface area contributed by atoms with E-state index in [4.69, 9.17) is 11.7 Å². The minimum atomic E-state index is -1.16. The molecule has 0 aliphatic carbocycles. The van der Waals surface area contributed by atoms with Gasteiger partial charge in [0.15, 0.2) is 5.69 Å². The van der Waals surface area contributed by atoms with Crippen molar-refractivity contribution in [3.05, 3.63) is 53.4 Å². The lowest BCUT2D eigenvalue weighted by Gasteiger charge is -2.02. The molecular formula is C11H8N4O2. The van der Waals surface area contributed by atoms with E-state index in [0.717, 1.165) is 5.56 Å². The van der Waals surface area contributed by atoms with Crippen molar-refractivity contribution in [1.29, 1.82) is 0 Å². The monoisotopic (exact) mass is 228 g/mol. The van der Waals surface area contributed by atoms with Gasteiger partial charge in [-0.15, -0.1) is 5.10 Å². The van der Waals surface area contributed by atoms with Gasteiger partial charge in [-0.25, -0.2) is 19.3 Å². The Morgan fingerprint density at radius 1 is 1.47 bits per heavy atom. The van der Waals surface area contributed by atoms with Crippen LogP contribution in [0.25, 0.3) is 4.85 Å². The lowest BCUT2D eigenvalue weighted by Crippen LogP contribution is -2.04. The first-order valence-corrected chi connectivity index (χ1v) is 4.79. The predicted octanol–water partition coefficient (Wildman–Crippen LogP) is 1.58. The summed E-state index contributed by atoms with van der Waals surface area (Å²) < 4.78 is 1.40. The molecule has 0 bridgehead atoms. The summed E-state index contributed by atoms with van der Waals surface area (Å²) in [6.45, 7) is 7.34. The van der Waals surface area contributed by atoms with Gasteiger partial charge >= 0.3 is 5.97 Å². The smallest absolute Gasteiger partial charge is 0.375 e. The van der Waals surface area contributed by atoms with Crippen molar-refractivity contribution in [2.24, 2.45) is 0 Å². The van der Waals surface area contributed by atoms with E-state index in [1.165, 1.54) is 11.0 Å². The van der Waals surface area contributed by atoms with Gasteiger partial charge in [0.05, 0.1) is 13.1 Å². The maximum atomic E-state index is 10.6. The fourth-order valence-corrected chi connectivity index (χ4v) is 1.40. The zero-order valence-electron chi connectivity index (χ0n) is 8.74. The minimum Gasteiger partial charge on any atom is -0.475 e. The normalized spacial score (nSPS) is 9.82. The highest BCUT2D eigenvalue weighted by molar-refractivity contribution is 5.82. The number of carbonyl (C=O) groups is 1. The molecule has 17 heavy (non-hydrogen) atoms. The van der Waals surface area contributed by atoms with Gasteiger partial charge in [-0.1, -0.05) is 24.3 Å². The number of nitrogens with zero attached hydrogens (tertiary/aromatic N) is 4. The van der Waals surface area contributed by atoms with Gasteiger partial charge in [-0.05, 0) is 5.56 Å². The molecule has 0 radical (unpaired) electrons. The third-order valence-corrected chi connectivity index (χ3v) is 2.17. The molecule has 0 saturated carbocycles. The van der Waals surface area contributed by atoms with Crippen molar-refractivity contribution in [2.45, 2.75) is 6.54 Å². The summed E-state index contributed by atoms with van der Waals surface area (Å²) in [5, 5.41) is 12.5. The highest BCUT2D eigenvalue weighted by Gasteiger charge is 2.09. The molecule has 0 aliphatic heterocycles. The highest BCUT2D eigenvalue weighted by atomic mass is 16.4. The van der Waals surface area contributed by atoms with E-state index in [1.807, 2.05) is 6.07 Å². The summed E-state index contributed by atoms with van der Waals surface area (Å²) in [4.78, 5) is 17.6. The van der Waals surface area contributed by atoms with Crippen molar-refractivity contribution in [2.75, 3.05) is 0 Å². The molecule has 0 saturated heterocycles. The molecule has 6 nitrogen and oxygen atoms in total. The second-order valence-electron chi connectivity index (χ2n) is 3.31. The molecule has 84 valence electrons. The highest BCUT2D eigenvalue weighted by Crippen LogP contribution is 2.18. The van der Waals surface area contributed by atoms with Crippen LogP contribution in [0.4, 0.5) is 5.69 Å². The Labute approximate surface area is 97.0 Å². The van der Waals surface area contributed by atoms with Crippen LogP contribution < -0.4 is 0 Å². The lowest BCUT2D eigenvalue weighted by molar-refractivity contribution is 0.0683. The van der Waals surface area contributed by atoms with Crippen molar-refractivity contribution in [1.82, 2.24) is 14.8 Å². The van der Waals surface area contributed by atoms with E-state index in [9.17, 15) is 4.79 Å². The summed E-state index contributed by atoms with van der Waals surface area (Å²) >= 11 is 0. The van der Waals surface area contributed by atoms with Crippen molar-refractivity contribution < 1.29 is 9.90 Å². The summed E-state index contributed by atoms with van der Waals surface area (Å²) in [6.07, 6.45) is 1.34. The molecule has 0 atom stereocenters. The molecule has 0 spiro atoms. The first kappa shape index (κ1) is 10.8. The molecule has 6 heteroatoms. The number of para-hydroxylation sites is 1. The Kier molecular flexibility index (Phi) is 2.83. The second-order valence-corrected chi connectivity index (χ2v) is 3.31. The van der Waals surface area contributed by atoms with Crippen LogP contribution in [0.5, 0.6) is 0 Å². The molecule has 0 aliphatic rings. The van der Waals surface area contributed by atoms with E-state index in [1.54, 1.807) is 18.2 Å². The van der Waals surface area contributed by atoms with E-state index in [2.05, 4.69) is 14.9 Å². The van der Waals surface area contributed by atoms with Gasteiger partial charge in [0.1, 0.15) is 6.33 Å². The number of hydrogen-bond donors (Lipinski definition) is 1. The maximum absolute atomic E-state index is 10.6. The first-order chi connectivity index (χ1) is 8.20. The van der Waals surface area contributed by atoms with Gasteiger partial charge in [0, 0.05) is 0 Å². The molecule has 0 fully saturated rings. The van der Waals surface area contributed by atoms with Gasteiger partial charge in [0.2, 0.25) is 0 Å². The third-order valence-electron chi connectivity index (χ3n) is 2.17.